The summed E-state index contributed by atoms with van der Waals surface area (Å²) in [5, 5.41) is 0. The van der Waals surface area contributed by atoms with E-state index in [-0.39, 0.29) is 18.1 Å². The minimum atomic E-state index is 0.102. The Morgan fingerprint density at radius 3 is 2.85 bits per heavy atom. The molecule has 0 aromatic heterocycles. The molecule has 2 atom stereocenters. The summed E-state index contributed by atoms with van der Waals surface area (Å²) in [5.41, 5.74) is 8.09. The van der Waals surface area contributed by atoms with E-state index >= 15 is 0 Å². The highest BCUT2D eigenvalue weighted by molar-refractivity contribution is 5.79. The van der Waals surface area contributed by atoms with Crippen molar-refractivity contribution in [2.24, 2.45) is 5.73 Å². The second-order valence-corrected chi connectivity index (χ2v) is 5.46. The maximum atomic E-state index is 12.5. The monoisotopic (exact) mass is 276 g/mol. The molecule has 0 bridgehead atoms. The quantitative estimate of drug-likeness (QED) is 0.906. The fourth-order valence-electron chi connectivity index (χ4n) is 2.85. The molecule has 0 spiro atoms. The smallest absolute Gasteiger partial charge is 0.227 e. The van der Waals surface area contributed by atoms with Crippen LogP contribution in [0.5, 0.6) is 0 Å². The van der Waals surface area contributed by atoms with Gasteiger partial charge in [-0.2, -0.15) is 0 Å². The van der Waals surface area contributed by atoms with E-state index in [1.165, 1.54) is 0 Å². The second-order valence-electron chi connectivity index (χ2n) is 5.46. The highest BCUT2D eigenvalue weighted by Crippen LogP contribution is 2.20. The first-order chi connectivity index (χ1) is 9.65. The number of aryl methyl sites for hydroxylation is 1. The zero-order valence-corrected chi connectivity index (χ0v) is 12.3. The van der Waals surface area contributed by atoms with Crippen LogP contribution in [0.15, 0.2) is 24.3 Å². The van der Waals surface area contributed by atoms with Crippen LogP contribution in [0.1, 0.15) is 24.0 Å². The summed E-state index contributed by atoms with van der Waals surface area (Å²) in [4.78, 5) is 14.4. The topological polar surface area (TPSA) is 55.6 Å². The van der Waals surface area contributed by atoms with Gasteiger partial charge in [-0.1, -0.05) is 24.3 Å². The molecule has 4 nitrogen and oxygen atoms in total. The van der Waals surface area contributed by atoms with Gasteiger partial charge in [0.25, 0.3) is 0 Å². The van der Waals surface area contributed by atoms with Crippen LogP contribution >= 0.6 is 0 Å². The lowest BCUT2D eigenvalue weighted by Crippen LogP contribution is -2.51. The molecule has 1 aliphatic heterocycles. The van der Waals surface area contributed by atoms with Crippen LogP contribution in [0.2, 0.25) is 0 Å². The first kappa shape index (κ1) is 15.0. The molecule has 1 aromatic rings. The van der Waals surface area contributed by atoms with E-state index < -0.39 is 0 Å². The molecule has 1 saturated heterocycles. The Hall–Kier alpha value is -1.39. The van der Waals surface area contributed by atoms with Crippen LogP contribution in [0.4, 0.5) is 0 Å². The number of likely N-dealkylation sites (tertiary alicyclic amines) is 1. The van der Waals surface area contributed by atoms with Crippen molar-refractivity contribution in [2.75, 3.05) is 20.2 Å². The molecule has 1 heterocycles. The number of piperidine rings is 1. The molecule has 0 radical (unpaired) electrons. The van der Waals surface area contributed by atoms with Gasteiger partial charge in [0, 0.05) is 26.2 Å². The Morgan fingerprint density at radius 1 is 1.45 bits per heavy atom. The van der Waals surface area contributed by atoms with Crippen molar-refractivity contribution in [1.29, 1.82) is 0 Å². The fourth-order valence-corrected chi connectivity index (χ4v) is 2.85. The van der Waals surface area contributed by atoms with Gasteiger partial charge < -0.3 is 15.4 Å². The molecule has 20 heavy (non-hydrogen) atoms. The molecule has 2 N–H and O–H groups in total. The first-order valence-corrected chi connectivity index (χ1v) is 7.22. The van der Waals surface area contributed by atoms with Gasteiger partial charge in [0.1, 0.15) is 0 Å². The number of hydrogen-bond donors (Lipinski definition) is 1. The number of nitrogens with zero attached hydrogens (tertiary/aromatic N) is 1. The number of ether oxygens (including phenoxy) is 1. The zero-order chi connectivity index (χ0) is 14.5. The van der Waals surface area contributed by atoms with Crippen LogP contribution in [-0.4, -0.2) is 43.2 Å². The van der Waals surface area contributed by atoms with E-state index in [1.807, 2.05) is 36.1 Å². The summed E-state index contributed by atoms with van der Waals surface area (Å²) < 4.78 is 5.40. The number of carbonyl (C=O) groups excluding carboxylic acids is 1. The maximum absolute atomic E-state index is 12.5. The third-order valence-electron chi connectivity index (χ3n) is 4.20. The van der Waals surface area contributed by atoms with Gasteiger partial charge in [-0.15, -0.1) is 0 Å². The first-order valence-electron chi connectivity index (χ1n) is 7.22. The third kappa shape index (κ3) is 3.38. The molecule has 1 aliphatic rings. The average molecular weight is 276 g/mol. The summed E-state index contributed by atoms with van der Waals surface area (Å²) in [5.74, 6) is 0.171. The van der Waals surface area contributed by atoms with Gasteiger partial charge in [0.2, 0.25) is 5.91 Å². The summed E-state index contributed by atoms with van der Waals surface area (Å²) in [6.07, 6.45) is 2.42. The Bertz CT molecular complexity index is 462. The van der Waals surface area contributed by atoms with E-state index in [1.54, 1.807) is 7.11 Å². The highest BCUT2D eigenvalue weighted by atomic mass is 16.5. The molecule has 0 saturated carbocycles. The van der Waals surface area contributed by atoms with Gasteiger partial charge in [-0.05, 0) is 30.9 Å². The summed E-state index contributed by atoms with van der Waals surface area (Å²) in [7, 11) is 1.73. The zero-order valence-electron chi connectivity index (χ0n) is 12.3. The van der Waals surface area contributed by atoms with Crippen LogP contribution in [0.3, 0.4) is 0 Å². The van der Waals surface area contributed by atoms with Crippen LogP contribution < -0.4 is 5.73 Å². The van der Waals surface area contributed by atoms with Crippen molar-refractivity contribution in [2.45, 2.75) is 38.3 Å². The van der Waals surface area contributed by atoms with Crippen LogP contribution in [0, 0.1) is 6.92 Å². The number of amides is 1. The van der Waals surface area contributed by atoms with E-state index in [0.717, 1.165) is 30.5 Å². The van der Waals surface area contributed by atoms with Gasteiger partial charge in [0.05, 0.1) is 12.5 Å². The second kappa shape index (κ2) is 6.86. The molecule has 1 amide bonds. The van der Waals surface area contributed by atoms with Gasteiger partial charge in [0.15, 0.2) is 0 Å². The third-order valence-corrected chi connectivity index (χ3v) is 4.20. The maximum Gasteiger partial charge on any atom is 0.227 e. The van der Waals surface area contributed by atoms with Gasteiger partial charge >= 0.3 is 0 Å². The van der Waals surface area contributed by atoms with Gasteiger partial charge in [-0.3, -0.25) is 4.79 Å². The van der Waals surface area contributed by atoms with Crippen molar-refractivity contribution in [3.63, 3.8) is 0 Å². The molecule has 2 rings (SSSR count). The Balaban J connectivity index is 2.03. The normalized spacial score (nSPS) is 22.9. The molecule has 1 aromatic carbocycles. The summed E-state index contributed by atoms with van der Waals surface area (Å²) >= 11 is 0. The molecule has 4 heteroatoms. The molecule has 1 fully saturated rings. The lowest BCUT2D eigenvalue weighted by Gasteiger charge is -2.38. The van der Waals surface area contributed by atoms with E-state index in [0.29, 0.717) is 13.0 Å². The molecular formula is C16H24N2O2. The number of carbonyl (C=O) groups is 1. The van der Waals surface area contributed by atoms with E-state index in [2.05, 4.69) is 0 Å². The van der Waals surface area contributed by atoms with Crippen molar-refractivity contribution < 1.29 is 9.53 Å². The number of rotatable bonds is 4. The largest absolute Gasteiger partial charge is 0.381 e. The van der Waals surface area contributed by atoms with Crippen molar-refractivity contribution >= 4 is 5.91 Å². The predicted octanol–water partition coefficient (Wildman–Crippen LogP) is 1.50. The molecule has 110 valence electrons. The van der Waals surface area contributed by atoms with E-state index in [9.17, 15) is 4.79 Å². The highest BCUT2D eigenvalue weighted by Gasteiger charge is 2.30. The molecular weight excluding hydrogens is 252 g/mol. The number of hydrogen-bond acceptors (Lipinski definition) is 3. The fraction of sp³-hybridized carbons (Fsp3) is 0.562. The predicted molar refractivity (Wildman–Crippen MR) is 79.5 cm³/mol. The minimum Gasteiger partial charge on any atom is -0.381 e. The van der Waals surface area contributed by atoms with Crippen LogP contribution in [-0.2, 0) is 16.0 Å². The van der Waals surface area contributed by atoms with E-state index in [4.69, 9.17) is 10.5 Å². The van der Waals surface area contributed by atoms with Crippen LogP contribution in [0.25, 0.3) is 0 Å². The van der Waals surface area contributed by atoms with Crippen molar-refractivity contribution in [3.05, 3.63) is 35.4 Å². The average Bonchev–Trinajstić information content (AvgIpc) is 2.48. The van der Waals surface area contributed by atoms with Gasteiger partial charge in [-0.25, -0.2) is 0 Å². The summed E-state index contributed by atoms with van der Waals surface area (Å²) in [6.45, 7) is 3.28. The number of methoxy groups -OCH3 is 1. The summed E-state index contributed by atoms with van der Waals surface area (Å²) in [6, 6.07) is 8.14. The Kier molecular flexibility index (Phi) is 5.15. The molecule has 0 aliphatic carbocycles. The minimum absolute atomic E-state index is 0.102. The number of nitrogens with two attached hydrogens (primary N) is 1. The molecule has 2 unspecified atom stereocenters. The Morgan fingerprint density at radius 2 is 2.20 bits per heavy atom. The lowest BCUT2D eigenvalue weighted by atomic mass is 9.97. The van der Waals surface area contributed by atoms with Crippen molar-refractivity contribution in [1.82, 2.24) is 4.90 Å². The van der Waals surface area contributed by atoms with Crippen molar-refractivity contribution in [3.8, 4) is 0 Å². The Labute approximate surface area is 120 Å². The number of benzene rings is 1. The lowest BCUT2D eigenvalue weighted by molar-refractivity contribution is -0.136. The standard InChI is InChI=1S/C16H24N2O2/c1-12-5-3-4-6-13(12)9-16(19)18-8-7-15(20-2)10-14(18)11-17/h3-6,14-15H,7-11,17H2,1-2H3. The SMILES string of the molecule is COC1CCN(C(=O)Cc2ccccc2C)C(CN)C1.